The van der Waals surface area contributed by atoms with Crippen LogP contribution in [0.25, 0.3) is 0 Å². The van der Waals surface area contributed by atoms with Gasteiger partial charge in [0.15, 0.2) is 0 Å². The van der Waals surface area contributed by atoms with E-state index in [2.05, 4.69) is 16.7 Å². The molecule has 0 saturated carbocycles. The zero-order valence-electron chi connectivity index (χ0n) is 6.71. The number of hydrogen-bond donors (Lipinski definition) is 0. The molecule has 0 aromatic carbocycles. The standard InChI is InChI=1S/C10H13N/c1-3-10(4-2)11-8-6-5-7-9-11/h1-2,10H,5-9H2. The fourth-order valence-electron chi connectivity index (χ4n) is 1.44. The largest absolute Gasteiger partial charge is 0.280 e. The van der Waals surface area contributed by atoms with Crippen molar-refractivity contribution in [3.05, 3.63) is 0 Å². The summed E-state index contributed by atoms with van der Waals surface area (Å²) in [6.07, 6.45) is 14.3. The Bertz CT molecular complexity index is 174. The first-order chi connectivity index (χ1) is 5.38. The van der Waals surface area contributed by atoms with Crippen LogP contribution in [0.1, 0.15) is 19.3 Å². The van der Waals surface area contributed by atoms with Crippen molar-refractivity contribution in [2.24, 2.45) is 0 Å². The summed E-state index contributed by atoms with van der Waals surface area (Å²) in [5, 5.41) is 0. The number of nitrogens with zero attached hydrogens (tertiary/aromatic N) is 1. The van der Waals surface area contributed by atoms with E-state index in [4.69, 9.17) is 12.8 Å². The van der Waals surface area contributed by atoms with Crippen molar-refractivity contribution in [2.75, 3.05) is 13.1 Å². The smallest absolute Gasteiger partial charge is 0.133 e. The molecule has 0 aromatic heterocycles. The van der Waals surface area contributed by atoms with Crippen molar-refractivity contribution in [1.82, 2.24) is 4.90 Å². The lowest BCUT2D eigenvalue weighted by atomic mass is 10.1. The summed E-state index contributed by atoms with van der Waals surface area (Å²) in [7, 11) is 0. The van der Waals surface area contributed by atoms with Crippen LogP contribution in [0, 0.1) is 24.7 Å². The Balaban J connectivity index is 2.46. The van der Waals surface area contributed by atoms with Gasteiger partial charge in [0.1, 0.15) is 6.04 Å². The molecule has 0 unspecified atom stereocenters. The highest BCUT2D eigenvalue weighted by atomic mass is 15.1. The Morgan fingerprint density at radius 3 is 2.00 bits per heavy atom. The summed E-state index contributed by atoms with van der Waals surface area (Å²) in [4.78, 5) is 2.20. The number of hydrogen-bond acceptors (Lipinski definition) is 1. The van der Waals surface area contributed by atoms with Gasteiger partial charge in [-0.3, -0.25) is 4.90 Å². The normalized spacial score (nSPS) is 19.2. The molecule has 1 aliphatic heterocycles. The summed E-state index contributed by atoms with van der Waals surface area (Å²) >= 11 is 0. The average molecular weight is 147 g/mol. The van der Waals surface area contributed by atoms with Gasteiger partial charge in [-0.2, -0.15) is 0 Å². The molecule has 1 rings (SSSR count). The van der Waals surface area contributed by atoms with E-state index in [1.165, 1.54) is 19.3 Å². The highest BCUT2D eigenvalue weighted by molar-refractivity contribution is 5.16. The van der Waals surface area contributed by atoms with Crippen LogP contribution in [0.5, 0.6) is 0 Å². The molecule has 1 fully saturated rings. The Kier molecular flexibility index (Phi) is 3.02. The maximum absolute atomic E-state index is 5.28. The number of terminal acetylenes is 2. The van der Waals surface area contributed by atoms with Gasteiger partial charge >= 0.3 is 0 Å². The van der Waals surface area contributed by atoms with E-state index >= 15 is 0 Å². The number of likely N-dealkylation sites (tertiary alicyclic amines) is 1. The van der Waals surface area contributed by atoms with Crippen LogP contribution in [0.3, 0.4) is 0 Å². The van der Waals surface area contributed by atoms with Crippen molar-refractivity contribution >= 4 is 0 Å². The van der Waals surface area contributed by atoms with Gasteiger partial charge in [0.25, 0.3) is 0 Å². The highest BCUT2D eigenvalue weighted by Crippen LogP contribution is 2.10. The summed E-state index contributed by atoms with van der Waals surface area (Å²) in [6.45, 7) is 2.14. The Morgan fingerprint density at radius 2 is 1.55 bits per heavy atom. The maximum atomic E-state index is 5.28. The zero-order chi connectivity index (χ0) is 8.10. The Labute approximate surface area is 68.8 Å². The van der Waals surface area contributed by atoms with Crippen LogP contribution in [0.4, 0.5) is 0 Å². The maximum Gasteiger partial charge on any atom is 0.133 e. The zero-order valence-corrected chi connectivity index (χ0v) is 6.71. The fraction of sp³-hybridized carbons (Fsp3) is 0.600. The Morgan fingerprint density at radius 1 is 1.00 bits per heavy atom. The highest BCUT2D eigenvalue weighted by Gasteiger charge is 2.15. The van der Waals surface area contributed by atoms with Crippen LogP contribution in [-0.2, 0) is 0 Å². The quantitative estimate of drug-likeness (QED) is 0.502. The van der Waals surface area contributed by atoms with Crippen molar-refractivity contribution in [3.8, 4) is 24.7 Å². The lowest BCUT2D eigenvalue weighted by Crippen LogP contribution is -2.37. The van der Waals surface area contributed by atoms with Gasteiger partial charge in [0.2, 0.25) is 0 Å². The van der Waals surface area contributed by atoms with Crippen LogP contribution < -0.4 is 0 Å². The van der Waals surface area contributed by atoms with Gasteiger partial charge in [-0.25, -0.2) is 0 Å². The van der Waals surface area contributed by atoms with E-state index < -0.39 is 0 Å². The van der Waals surface area contributed by atoms with Gasteiger partial charge < -0.3 is 0 Å². The molecule has 0 aromatic rings. The molecule has 1 heterocycles. The van der Waals surface area contributed by atoms with Crippen molar-refractivity contribution in [1.29, 1.82) is 0 Å². The van der Waals surface area contributed by atoms with Gasteiger partial charge in [0.05, 0.1) is 0 Å². The molecular weight excluding hydrogens is 134 g/mol. The van der Waals surface area contributed by atoms with E-state index in [9.17, 15) is 0 Å². The van der Waals surface area contributed by atoms with Gasteiger partial charge in [-0.1, -0.05) is 18.3 Å². The fourth-order valence-corrected chi connectivity index (χ4v) is 1.44. The number of rotatable bonds is 1. The van der Waals surface area contributed by atoms with Crippen LogP contribution in [-0.4, -0.2) is 24.0 Å². The monoisotopic (exact) mass is 147 g/mol. The first-order valence-corrected chi connectivity index (χ1v) is 4.05. The van der Waals surface area contributed by atoms with Crippen LogP contribution >= 0.6 is 0 Å². The summed E-state index contributed by atoms with van der Waals surface area (Å²) in [5.74, 6) is 5.22. The van der Waals surface area contributed by atoms with E-state index in [1.807, 2.05) is 0 Å². The molecule has 1 saturated heterocycles. The predicted octanol–water partition coefficient (Wildman–Crippen LogP) is 1.11. The van der Waals surface area contributed by atoms with E-state index in [1.54, 1.807) is 0 Å². The lowest BCUT2D eigenvalue weighted by molar-refractivity contribution is 0.225. The lowest BCUT2D eigenvalue weighted by Gasteiger charge is -2.28. The topological polar surface area (TPSA) is 3.24 Å². The minimum absolute atomic E-state index is 0.0738. The molecule has 1 aliphatic rings. The third-order valence-corrected chi connectivity index (χ3v) is 2.07. The molecule has 0 amide bonds. The second-order valence-electron chi connectivity index (χ2n) is 2.83. The Hall–Kier alpha value is -0.920. The van der Waals surface area contributed by atoms with Crippen molar-refractivity contribution in [3.63, 3.8) is 0 Å². The third-order valence-electron chi connectivity index (χ3n) is 2.07. The van der Waals surface area contributed by atoms with Crippen LogP contribution in [0.2, 0.25) is 0 Å². The molecule has 0 aliphatic carbocycles. The number of piperidine rings is 1. The van der Waals surface area contributed by atoms with Gasteiger partial charge in [-0.05, 0) is 12.8 Å². The molecule has 0 N–H and O–H groups in total. The SMILES string of the molecule is C#CC(C#C)N1CCCCC1. The van der Waals surface area contributed by atoms with Gasteiger partial charge in [-0.15, -0.1) is 12.8 Å². The first-order valence-electron chi connectivity index (χ1n) is 4.05. The van der Waals surface area contributed by atoms with Crippen molar-refractivity contribution in [2.45, 2.75) is 25.3 Å². The third kappa shape index (κ3) is 2.00. The molecule has 58 valence electrons. The minimum atomic E-state index is -0.0738. The molecule has 0 atom stereocenters. The predicted molar refractivity (Wildman–Crippen MR) is 46.9 cm³/mol. The molecular formula is C10H13N. The molecule has 0 spiro atoms. The van der Waals surface area contributed by atoms with Crippen molar-refractivity contribution < 1.29 is 0 Å². The van der Waals surface area contributed by atoms with E-state index in [0.29, 0.717) is 0 Å². The summed E-state index contributed by atoms with van der Waals surface area (Å²) in [6, 6.07) is -0.0738. The minimum Gasteiger partial charge on any atom is -0.280 e. The first kappa shape index (κ1) is 8.18. The molecule has 1 nitrogen and oxygen atoms in total. The average Bonchev–Trinajstić information content (AvgIpc) is 2.09. The van der Waals surface area contributed by atoms with Crippen LogP contribution in [0.15, 0.2) is 0 Å². The second-order valence-corrected chi connectivity index (χ2v) is 2.83. The second kappa shape index (κ2) is 4.06. The van der Waals surface area contributed by atoms with E-state index in [0.717, 1.165) is 13.1 Å². The molecule has 11 heavy (non-hydrogen) atoms. The summed E-state index contributed by atoms with van der Waals surface area (Å²) in [5.41, 5.74) is 0. The molecule has 1 heteroatoms. The molecule has 0 bridgehead atoms. The summed E-state index contributed by atoms with van der Waals surface area (Å²) < 4.78 is 0. The van der Waals surface area contributed by atoms with E-state index in [-0.39, 0.29) is 6.04 Å². The molecule has 0 radical (unpaired) electrons. The van der Waals surface area contributed by atoms with Gasteiger partial charge in [0, 0.05) is 13.1 Å².